The first kappa shape index (κ1) is 30.6. The van der Waals surface area contributed by atoms with Crippen molar-refractivity contribution in [2.45, 2.75) is 27.7 Å². The first-order chi connectivity index (χ1) is 21.5. The van der Waals surface area contributed by atoms with Crippen LogP contribution in [-0.2, 0) is 20.1 Å². The minimum Gasteiger partial charge on any atom is -0.500 e. The number of furan rings is 1. The molecule has 0 amide bonds. The number of rotatable bonds is 3. The van der Waals surface area contributed by atoms with E-state index in [0.29, 0.717) is 0 Å². The number of hydrogen-bond donors (Lipinski definition) is 0. The van der Waals surface area contributed by atoms with Crippen molar-refractivity contribution in [1.82, 2.24) is 9.97 Å². The first-order valence-corrected chi connectivity index (χ1v) is 15.5. The topological polar surface area (TPSA) is 38.9 Å². The molecule has 45 heavy (non-hydrogen) atoms. The van der Waals surface area contributed by atoms with E-state index in [9.17, 15) is 0 Å². The molecule has 0 bridgehead atoms. The Morgan fingerprint density at radius 3 is 2.20 bits per heavy atom. The summed E-state index contributed by atoms with van der Waals surface area (Å²) in [5, 5.41) is 3.43. The van der Waals surface area contributed by atoms with Gasteiger partial charge in [-0.25, -0.2) is 0 Å². The number of fused-ring (bicyclic) bond motifs is 5. The van der Waals surface area contributed by atoms with Crippen LogP contribution < -0.4 is 0 Å². The Morgan fingerprint density at radius 1 is 0.644 bits per heavy atom. The second kappa shape index (κ2) is 12.9. The van der Waals surface area contributed by atoms with Crippen LogP contribution in [-0.4, -0.2) is 9.97 Å². The molecule has 1 radical (unpaired) electrons. The van der Waals surface area contributed by atoms with Crippen LogP contribution in [0.4, 0.5) is 0 Å². The van der Waals surface area contributed by atoms with Gasteiger partial charge in [0.15, 0.2) is 0 Å². The van der Waals surface area contributed by atoms with Crippen molar-refractivity contribution in [3.05, 3.63) is 143 Å². The van der Waals surface area contributed by atoms with Crippen molar-refractivity contribution in [1.29, 1.82) is 0 Å². The molecule has 0 atom stereocenters. The van der Waals surface area contributed by atoms with E-state index in [1.807, 2.05) is 54.7 Å². The monoisotopic (exact) mass is 779 g/mol. The molecular weight excluding hydrogens is 749 g/mol. The largest absolute Gasteiger partial charge is 0.500 e. The Balaban J connectivity index is 0.000000231. The van der Waals surface area contributed by atoms with Gasteiger partial charge in [0.25, 0.3) is 0 Å². The van der Waals surface area contributed by atoms with Crippen molar-refractivity contribution in [3.8, 4) is 33.6 Å². The second-order valence-corrected chi connectivity index (χ2v) is 12.3. The minimum absolute atomic E-state index is 0. The maximum Gasteiger partial charge on any atom is 0.129 e. The number of nitrogens with zero attached hydrogens (tertiary/aromatic N) is 2. The van der Waals surface area contributed by atoms with E-state index in [0.717, 1.165) is 44.5 Å². The van der Waals surface area contributed by atoms with Crippen LogP contribution in [0.2, 0.25) is 0 Å². The SMILES string of the molecule is Cc1cc2c(ccc3c4cc[c-]c(-c5cc(-c6c(C)cccc6C)c(C)cn5)c4oc23)s1.[Ir].[c-]1ccccc1-c1ccccn1. The molecule has 0 aliphatic heterocycles. The molecule has 0 fully saturated rings. The van der Waals surface area contributed by atoms with Crippen LogP contribution in [0.1, 0.15) is 21.6 Å². The minimum atomic E-state index is 0. The van der Waals surface area contributed by atoms with E-state index in [1.165, 1.54) is 42.8 Å². The van der Waals surface area contributed by atoms with Gasteiger partial charge in [0.2, 0.25) is 0 Å². The average Bonchev–Trinajstić information content (AvgIpc) is 3.63. The molecule has 8 aromatic rings. The van der Waals surface area contributed by atoms with Crippen LogP contribution in [0.5, 0.6) is 0 Å². The Morgan fingerprint density at radius 2 is 1.44 bits per heavy atom. The van der Waals surface area contributed by atoms with E-state index < -0.39 is 0 Å². The number of pyridine rings is 2. The number of benzene rings is 4. The zero-order chi connectivity index (χ0) is 30.2. The van der Waals surface area contributed by atoms with Crippen LogP contribution in [0, 0.1) is 39.8 Å². The molecule has 0 N–H and O–H groups in total. The van der Waals surface area contributed by atoms with E-state index >= 15 is 0 Å². The molecule has 5 heteroatoms. The van der Waals surface area contributed by atoms with Crippen LogP contribution in [0.25, 0.3) is 65.7 Å². The maximum absolute atomic E-state index is 6.52. The molecule has 8 rings (SSSR count). The fourth-order valence-electron chi connectivity index (χ4n) is 5.87. The zero-order valence-corrected chi connectivity index (χ0v) is 28.6. The van der Waals surface area contributed by atoms with Crippen molar-refractivity contribution in [3.63, 3.8) is 0 Å². The van der Waals surface area contributed by atoms with Crippen LogP contribution in [0.15, 0.2) is 114 Å². The molecule has 0 unspecified atom stereocenters. The Labute approximate surface area is 281 Å². The standard InChI is InChI=1S/C29H22NOS.C11H8N.Ir/c1-16-7-5-8-17(2)27(16)23-14-25(30-15-18(23)3)22-10-6-9-20-21-11-12-26-24(13-19(4)32-26)29(21)31-28(20)22;1-2-6-10(7-3-1)11-8-4-5-9-12-11;/h5-9,11-15H,1-4H3;1-6,8-9H;/q2*-1;. The van der Waals surface area contributed by atoms with Gasteiger partial charge in [-0.3, -0.25) is 0 Å². The van der Waals surface area contributed by atoms with Gasteiger partial charge in [-0.1, -0.05) is 53.4 Å². The number of thiophene rings is 1. The second-order valence-electron chi connectivity index (χ2n) is 11.1. The summed E-state index contributed by atoms with van der Waals surface area (Å²) < 4.78 is 7.78. The normalized spacial score (nSPS) is 10.9. The summed E-state index contributed by atoms with van der Waals surface area (Å²) in [6.45, 7) is 8.60. The summed E-state index contributed by atoms with van der Waals surface area (Å²) in [7, 11) is 0. The summed E-state index contributed by atoms with van der Waals surface area (Å²) >= 11 is 1.80. The Hall–Kier alpha value is -4.41. The molecule has 4 heterocycles. The van der Waals surface area contributed by atoms with E-state index in [4.69, 9.17) is 9.40 Å². The van der Waals surface area contributed by atoms with Gasteiger partial charge >= 0.3 is 0 Å². The molecule has 3 nitrogen and oxygen atoms in total. The van der Waals surface area contributed by atoms with Crippen molar-refractivity contribution in [2.24, 2.45) is 0 Å². The Bertz CT molecular complexity index is 2210. The van der Waals surface area contributed by atoms with Gasteiger partial charge in [-0.2, -0.15) is 0 Å². The summed E-state index contributed by atoms with van der Waals surface area (Å²) in [6, 6.07) is 39.5. The maximum atomic E-state index is 6.52. The third-order valence-corrected chi connectivity index (χ3v) is 8.99. The molecule has 4 aromatic heterocycles. The summed E-state index contributed by atoms with van der Waals surface area (Å²) in [5.41, 5.74) is 11.8. The smallest absolute Gasteiger partial charge is 0.129 e. The molecule has 0 saturated carbocycles. The third-order valence-electron chi connectivity index (χ3n) is 7.98. The van der Waals surface area contributed by atoms with Gasteiger partial charge in [0, 0.05) is 52.8 Å². The van der Waals surface area contributed by atoms with Crippen LogP contribution >= 0.6 is 11.3 Å². The van der Waals surface area contributed by atoms with Gasteiger partial charge in [-0.15, -0.1) is 65.4 Å². The summed E-state index contributed by atoms with van der Waals surface area (Å²) in [4.78, 5) is 10.3. The molecule has 0 aliphatic carbocycles. The third kappa shape index (κ3) is 5.87. The predicted molar refractivity (Wildman–Crippen MR) is 184 cm³/mol. The van der Waals surface area contributed by atoms with Gasteiger partial charge in [0.05, 0.1) is 5.58 Å². The summed E-state index contributed by atoms with van der Waals surface area (Å²) in [6.07, 6.45) is 3.75. The predicted octanol–water partition coefficient (Wildman–Crippen LogP) is 11.1. The molecular formula is C40H30IrN2OS-2. The Kier molecular flexibility index (Phi) is 8.78. The molecule has 0 aliphatic rings. The quantitative estimate of drug-likeness (QED) is 0.168. The molecule has 4 aromatic carbocycles. The van der Waals surface area contributed by atoms with Crippen molar-refractivity contribution in [2.75, 3.05) is 0 Å². The van der Waals surface area contributed by atoms with E-state index in [1.54, 1.807) is 17.5 Å². The van der Waals surface area contributed by atoms with E-state index in [-0.39, 0.29) is 20.1 Å². The fraction of sp³-hybridized carbons (Fsp3) is 0.100. The van der Waals surface area contributed by atoms with Gasteiger partial charge in [-0.05, 0) is 85.1 Å². The van der Waals surface area contributed by atoms with E-state index in [2.05, 4.69) is 93.3 Å². The summed E-state index contributed by atoms with van der Waals surface area (Å²) in [5.74, 6) is 0. The van der Waals surface area contributed by atoms with Gasteiger partial charge < -0.3 is 14.4 Å². The van der Waals surface area contributed by atoms with Gasteiger partial charge in [0.1, 0.15) is 5.58 Å². The first-order valence-electron chi connectivity index (χ1n) is 14.7. The van der Waals surface area contributed by atoms with Crippen molar-refractivity contribution < 1.29 is 24.5 Å². The zero-order valence-electron chi connectivity index (χ0n) is 25.4. The number of aryl methyl sites for hydroxylation is 4. The molecule has 0 saturated heterocycles. The van der Waals surface area contributed by atoms with Crippen LogP contribution in [0.3, 0.4) is 0 Å². The molecule has 0 spiro atoms. The average molecular weight is 779 g/mol. The molecule has 223 valence electrons. The number of hydrogen-bond acceptors (Lipinski definition) is 4. The van der Waals surface area contributed by atoms with Crippen molar-refractivity contribution >= 4 is 43.4 Å². The number of aromatic nitrogens is 2. The fourth-order valence-corrected chi connectivity index (χ4v) is 6.80.